The average Bonchev–Trinajstić information content (AvgIpc) is 2.83. The topological polar surface area (TPSA) is 55.1 Å². The number of nitrogens with zero attached hydrogens (tertiary/aromatic N) is 2. The van der Waals surface area contributed by atoms with E-state index in [1.54, 1.807) is 22.1 Å². The van der Waals surface area contributed by atoms with Gasteiger partial charge in [0.15, 0.2) is 5.69 Å². The number of hydrogen-bond acceptors (Lipinski definition) is 3. The molecule has 0 spiro atoms. The molecular formula is C13H16N2O2S. The zero-order valence-corrected chi connectivity index (χ0v) is 11.5. The standard InChI is InChI=1S/C13H16N2O2S/c1-4-5-15-12(7-11(14-15)13(16)17)10-6-8(2)18-9(10)3/h6-7H,4-5H2,1-3H3,(H,16,17). The van der Waals surface area contributed by atoms with Gasteiger partial charge in [-0.1, -0.05) is 6.92 Å². The van der Waals surface area contributed by atoms with Crippen LogP contribution in [0.5, 0.6) is 0 Å². The van der Waals surface area contributed by atoms with E-state index in [0.29, 0.717) is 0 Å². The normalized spacial score (nSPS) is 10.8. The van der Waals surface area contributed by atoms with Gasteiger partial charge in [-0.05, 0) is 32.4 Å². The Kier molecular flexibility index (Phi) is 3.52. The Hall–Kier alpha value is -1.62. The van der Waals surface area contributed by atoms with E-state index < -0.39 is 5.97 Å². The predicted octanol–water partition coefficient (Wildman–Crippen LogP) is 3.34. The molecule has 0 saturated heterocycles. The number of carboxylic acids is 1. The molecule has 1 N–H and O–H groups in total. The lowest BCUT2D eigenvalue weighted by Gasteiger charge is -2.04. The van der Waals surface area contributed by atoms with Crippen LogP contribution in [0.3, 0.4) is 0 Å². The number of rotatable bonds is 4. The number of carbonyl (C=O) groups is 1. The smallest absolute Gasteiger partial charge is 0.356 e. The van der Waals surface area contributed by atoms with Crippen molar-refractivity contribution < 1.29 is 9.90 Å². The Bertz CT molecular complexity index is 584. The predicted molar refractivity (Wildman–Crippen MR) is 72.3 cm³/mol. The van der Waals surface area contributed by atoms with E-state index in [1.807, 2.05) is 0 Å². The molecule has 2 rings (SSSR count). The molecule has 0 saturated carbocycles. The molecule has 0 radical (unpaired) electrons. The first-order chi connectivity index (χ1) is 8.52. The lowest BCUT2D eigenvalue weighted by atomic mass is 10.1. The van der Waals surface area contributed by atoms with E-state index in [-0.39, 0.29) is 5.69 Å². The highest BCUT2D eigenvalue weighted by Gasteiger charge is 2.16. The van der Waals surface area contributed by atoms with Gasteiger partial charge in [-0.3, -0.25) is 4.68 Å². The van der Waals surface area contributed by atoms with Crippen molar-refractivity contribution in [3.05, 3.63) is 27.6 Å². The monoisotopic (exact) mass is 264 g/mol. The van der Waals surface area contributed by atoms with Crippen LogP contribution in [-0.2, 0) is 6.54 Å². The van der Waals surface area contributed by atoms with Gasteiger partial charge in [-0.25, -0.2) is 4.79 Å². The zero-order valence-electron chi connectivity index (χ0n) is 10.7. The summed E-state index contributed by atoms with van der Waals surface area (Å²) in [5.41, 5.74) is 2.10. The van der Waals surface area contributed by atoms with Gasteiger partial charge in [0, 0.05) is 21.9 Å². The Morgan fingerprint density at radius 3 is 2.67 bits per heavy atom. The molecule has 0 aliphatic heterocycles. The van der Waals surface area contributed by atoms with E-state index in [0.717, 1.165) is 24.2 Å². The molecule has 18 heavy (non-hydrogen) atoms. The first-order valence-corrected chi connectivity index (χ1v) is 6.73. The summed E-state index contributed by atoms with van der Waals surface area (Å²) >= 11 is 1.72. The maximum absolute atomic E-state index is 11.0. The van der Waals surface area contributed by atoms with Crippen molar-refractivity contribution in [2.75, 3.05) is 0 Å². The molecule has 2 aromatic heterocycles. The lowest BCUT2D eigenvalue weighted by molar-refractivity contribution is 0.0689. The molecule has 4 nitrogen and oxygen atoms in total. The minimum Gasteiger partial charge on any atom is -0.476 e. The van der Waals surface area contributed by atoms with Crippen molar-refractivity contribution in [2.45, 2.75) is 33.7 Å². The summed E-state index contributed by atoms with van der Waals surface area (Å²) in [7, 11) is 0. The molecule has 0 amide bonds. The number of carboxylic acid groups (broad SMARTS) is 1. The van der Waals surface area contributed by atoms with Crippen molar-refractivity contribution >= 4 is 17.3 Å². The molecule has 0 bridgehead atoms. The van der Waals surface area contributed by atoms with Crippen molar-refractivity contribution in [3.63, 3.8) is 0 Å². The van der Waals surface area contributed by atoms with Gasteiger partial charge in [-0.2, -0.15) is 5.10 Å². The van der Waals surface area contributed by atoms with E-state index in [9.17, 15) is 4.79 Å². The Morgan fingerprint density at radius 1 is 1.44 bits per heavy atom. The molecule has 2 heterocycles. The molecule has 96 valence electrons. The number of aromatic carboxylic acids is 1. The maximum atomic E-state index is 11.0. The van der Waals surface area contributed by atoms with Crippen LogP contribution in [0, 0.1) is 13.8 Å². The van der Waals surface area contributed by atoms with Crippen LogP contribution in [0.15, 0.2) is 12.1 Å². The van der Waals surface area contributed by atoms with Gasteiger partial charge >= 0.3 is 5.97 Å². The first kappa shape index (κ1) is 12.8. The van der Waals surface area contributed by atoms with Gasteiger partial charge in [0.1, 0.15) is 0 Å². The fourth-order valence-electron chi connectivity index (χ4n) is 2.01. The second kappa shape index (κ2) is 4.94. The Labute approximate surface area is 110 Å². The largest absolute Gasteiger partial charge is 0.476 e. The van der Waals surface area contributed by atoms with Crippen LogP contribution >= 0.6 is 11.3 Å². The van der Waals surface area contributed by atoms with Gasteiger partial charge in [0.25, 0.3) is 0 Å². The third kappa shape index (κ3) is 2.31. The van der Waals surface area contributed by atoms with Crippen LogP contribution in [0.4, 0.5) is 0 Å². The lowest BCUT2D eigenvalue weighted by Crippen LogP contribution is -2.04. The summed E-state index contributed by atoms with van der Waals surface area (Å²) < 4.78 is 1.79. The summed E-state index contributed by atoms with van der Waals surface area (Å²) in [4.78, 5) is 13.4. The van der Waals surface area contributed by atoms with Crippen LogP contribution in [0.2, 0.25) is 0 Å². The highest BCUT2D eigenvalue weighted by molar-refractivity contribution is 7.12. The quantitative estimate of drug-likeness (QED) is 0.921. The molecule has 0 fully saturated rings. The van der Waals surface area contributed by atoms with E-state index in [1.165, 1.54) is 9.75 Å². The van der Waals surface area contributed by atoms with Crippen molar-refractivity contribution in [1.29, 1.82) is 0 Å². The van der Waals surface area contributed by atoms with Gasteiger partial charge in [0.05, 0.1) is 5.69 Å². The number of thiophene rings is 1. The minimum atomic E-state index is -0.976. The first-order valence-electron chi connectivity index (χ1n) is 5.91. The third-order valence-corrected chi connectivity index (χ3v) is 3.72. The summed E-state index contributed by atoms with van der Waals surface area (Å²) in [6.07, 6.45) is 0.926. The number of aryl methyl sites for hydroxylation is 3. The van der Waals surface area contributed by atoms with Crippen molar-refractivity contribution in [1.82, 2.24) is 9.78 Å². The second-order valence-electron chi connectivity index (χ2n) is 4.27. The summed E-state index contributed by atoms with van der Waals surface area (Å²) in [6, 6.07) is 3.75. The Morgan fingerprint density at radius 2 is 2.17 bits per heavy atom. The third-order valence-electron chi connectivity index (χ3n) is 2.75. The molecule has 0 unspecified atom stereocenters. The van der Waals surface area contributed by atoms with Crippen LogP contribution in [0.1, 0.15) is 33.6 Å². The summed E-state index contributed by atoms with van der Waals surface area (Å²) in [5, 5.41) is 13.2. The molecule has 5 heteroatoms. The number of aromatic nitrogens is 2. The molecule has 0 atom stereocenters. The maximum Gasteiger partial charge on any atom is 0.356 e. The molecule has 0 aliphatic carbocycles. The summed E-state index contributed by atoms with van der Waals surface area (Å²) in [5.74, 6) is -0.976. The van der Waals surface area contributed by atoms with Gasteiger partial charge in [0.2, 0.25) is 0 Å². The van der Waals surface area contributed by atoms with Gasteiger partial charge < -0.3 is 5.11 Å². The Balaban J connectivity index is 2.54. The van der Waals surface area contributed by atoms with Crippen molar-refractivity contribution in [3.8, 4) is 11.3 Å². The van der Waals surface area contributed by atoms with E-state index in [2.05, 4.69) is 31.9 Å². The fraction of sp³-hybridized carbons (Fsp3) is 0.385. The SMILES string of the molecule is CCCn1nc(C(=O)O)cc1-c1cc(C)sc1C. The van der Waals surface area contributed by atoms with E-state index >= 15 is 0 Å². The minimum absolute atomic E-state index is 0.113. The highest BCUT2D eigenvalue weighted by atomic mass is 32.1. The van der Waals surface area contributed by atoms with E-state index in [4.69, 9.17) is 5.11 Å². The molecular weight excluding hydrogens is 248 g/mol. The second-order valence-corrected chi connectivity index (χ2v) is 5.73. The molecule has 0 aliphatic rings. The average molecular weight is 264 g/mol. The fourth-order valence-corrected chi connectivity index (χ4v) is 2.94. The van der Waals surface area contributed by atoms with Crippen LogP contribution in [0.25, 0.3) is 11.3 Å². The summed E-state index contributed by atoms with van der Waals surface area (Å²) in [6.45, 7) is 6.89. The molecule has 0 aromatic carbocycles. The number of hydrogen-bond donors (Lipinski definition) is 1. The van der Waals surface area contributed by atoms with Crippen molar-refractivity contribution in [2.24, 2.45) is 0 Å². The van der Waals surface area contributed by atoms with Gasteiger partial charge in [-0.15, -0.1) is 11.3 Å². The van der Waals surface area contributed by atoms with Crippen LogP contribution < -0.4 is 0 Å². The van der Waals surface area contributed by atoms with Crippen LogP contribution in [-0.4, -0.2) is 20.9 Å². The molecule has 2 aromatic rings. The zero-order chi connectivity index (χ0) is 13.3. The highest BCUT2D eigenvalue weighted by Crippen LogP contribution is 2.31.